The van der Waals surface area contributed by atoms with Gasteiger partial charge in [0.1, 0.15) is 47.5 Å². The van der Waals surface area contributed by atoms with Crippen LogP contribution in [0, 0.1) is 11.8 Å². The summed E-state index contributed by atoms with van der Waals surface area (Å²) in [5.41, 5.74) is 19.9. The molecule has 8 aromatic carbocycles. The van der Waals surface area contributed by atoms with Crippen molar-refractivity contribution in [2.75, 3.05) is 40.4 Å². The van der Waals surface area contributed by atoms with Crippen LogP contribution in [0.15, 0.2) is 207 Å². The number of aromatic amines is 4. The van der Waals surface area contributed by atoms with Crippen molar-refractivity contribution in [2.24, 2.45) is 17.6 Å². The topological polar surface area (TPSA) is 345 Å². The SMILES string of the molecule is CCC(=O)Cl.CCC(=O)N[C@@H](C(=O)N1CCC[C@H]1c1ncc(-c2ccc(-c3ccc4cc(-c5cnc([C@@H]6CCCN6C(=O)[C@@H](NC(=O)OC)C(C)C)[nH]5)ccc4c3)cc2)[nH]1)c1ccccc1.COC(=O)N[C@H](C(=O)N1CCC[C@H]1c1ncc(-c2ccc3cc(-c4ccc(-c5cnc([C@@H]6CCCN6C(=O)[C@H](N)c6ccccc6)[nH]5)cc4)ccc3c2)[nH]1)C(C)C. The number of hydrogen-bond acceptors (Lipinski definition) is 15. The first-order chi connectivity index (χ1) is 59.6. The van der Waals surface area contributed by atoms with Crippen molar-refractivity contribution in [3.8, 4) is 67.3 Å². The van der Waals surface area contributed by atoms with E-state index in [0.29, 0.717) is 39.0 Å². The zero-order valence-corrected chi connectivity index (χ0v) is 71.2. The predicted octanol–water partition coefficient (Wildman–Crippen LogP) is 17.1. The van der Waals surface area contributed by atoms with Crippen LogP contribution >= 0.6 is 11.6 Å². The van der Waals surface area contributed by atoms with Crippen LogP contribution in [0.2, 0.25) is 0 Å². The summed E-state index contributed by atoms with van der Waals surface area (Å²) in [6, 6.07) is 57.7. The van der Waals surface area contributed by atoms with E-state index in [1.165, 1.54) is 14.2 Å². The molecule has 12 aromatic rings. The number of nitrogens with zero attached hydrogens (tertiary/aromatic N) is 8. The molecule has 4 aliphatic rings. The maximum absolute atomic E-state index is 14.0. The first-order valence-electron chi connectivity index (χ1n) is 42.3. The van der Waals surface area contributed by atoms with Crippen molar-refractivity contribution in [1.29, 1.82) is 0 Å². The Labute approximate surface area is 719 Å². The quantitative estimate of drug-likeness (QED) is 0.0276. The lowest BCUT2D eigenvalue weighted by Gasteiger charge is -2.30. The van der Waals surface area contributed by atoms with Crippen LogP contribution in [0.1, 0.15) is 176 Å². The molecule has 0 aliphatic carbocycles. The normalized spacial score (nSPS) is 17.2. The van der Waals surface area contributed by atoms with E-state index < -0.39 is 36.4 Å². The number of alkyl carbamates (subject to hydrolysis) is 2. The minimum absolute atomic E-state index is 0.0816. The van der Waals surface area contributed by atoms with Gasteiger partial charge in [-0.2, -0.15) is 0 Å². The molecular formula is C96H105ClN16O10. The summed E-state index contributed by atoms with van der Waals surface area (Å²) in [4.78, 5) is 141. The average molecular weight is 1680 g/mol. The number of nitrogens with one attached hydrogen (secondary N) is 7. The molecule has 7 amide bonds. The van der Waals surface area contributed by atoms with E-state index in [2.05, 4.69) is 157 Å². The molecule has 0 saturated carbocycles. The highest BCUT2D eigenvalue weighted by Gasteiger charge is 2.42. The highest BCUT2D eigenvalue weighted by molar-refractivity contribution is 6.63. The number of methoxy groups -OCH3 is 2. The Bertz CT molecular complexity index is 5750. The number of hydrogen-bond donors (Lipinski definition) is 8. The van der Waals surface area contributed by atoms with E-state index in [9.17, 15) is 38.4 Å². The molecule has 0 spiro atoms. The first-order valence-corrected chi connectivity index (χ1v) is 42.7. The monoisotopic (exact) mass is 1680 g/mol. The Morgan fingerprint density at radius 3 is 1.03 bits per heavy atom. The molecule has 0 bridgehead atoms. The summed E-state index contributed by atoms with van der Waals surface area (Å²) in [5.74, 6) is 2.13. The molecule has 4 saturated heterocycles. The number of likely N-dealkylation sites (tertiary alicyclic amines) is 4. The van der Waals surface area contributed by atoms with Gasteiger partial charge >= 0.3 is 12.2 Å². The first kappa shape index (κ1) is 86.3. The van der Waals surface area contributed by atoms with Crippen molar-refractivity contribution in [1.82, 2.24) is 75.4 Å². The summed E-state index contributed by atoms with van der Waals surface area (Å²) >= 11 is 4.82. The van der Waals surface area contributed by atoms with E-state index >= 15 is 0 Å². The van der Waals surface area contributed by atoms with Crippen LogP contribution in [-0.2, 0) is 38.2 Å². The maximum Gasteiger partial charge on any atom is 0.407 e. The van der Waals surface area contributed by atoms with Crippen molar-refractivity contribution in [2.45, 2.75) is 154 Å². The third kappa shape index (κ3) is 19.8. The molecule has 4 fully saturated rings. The molecule has 9 N–H and O–H groups in total. The Morgan fingerprint density at radius 1 is 0.398 bits per heavy atom. The molecular weight excluding hydrogens is 1570 g/mol. The number of rotatable bonds is 23. The fourth-order valence-electron chi connectivity index (χ4n) is 16.8. The molecule has 0 radical (unpaired) electrons. The molecule has 8 atom stereocenters. The molecule has 636 valence electrons. The zero-order valence-electron chi connectivity index (χ0n) is 70.4. The second-order valence-corrected chi connectivity index (χ2v) is 32.7. The molecule has 27 heteroatoms. The number of benzene rings is 8. The van der Waals surface area contributed by atoms with Gasteiger partial charge < -0.3 is 70.7 Å². The summed E-state index contributed by atoms with van der Waals surface area (Å²) in [6.07, 6.45) is 13.5. The number of nitrogens with two attached hydrogens (primary N) is 1. The lowest BCUT2D eigenvalue weighted by atomic mass is 9.98. The number of carbonyl (C=O) groups is 8. The number of amides is 7. The number of H-pyrrole nitrogens is 4. The number of aromatic nitrogens is 8. The van der Waals surface area contributed by atoms with E-state index in [1.807, 2.05) is 133 Å². The van der Waals surface area contributed by atoms with Gasteiger partial charge in [-0.1, -0.05) is 199 Å². The molecule has 26 nitrogen and oxygen atoms in total. The third-order valence-electron chi connectivity index (χ3n) is 23.6. The highest BCUT2D eigenvalue weighted by Crippen LogP contribution is 2.41. The number of halogens is 1. The van der Waals surface area contributed by atoms with Crippen LogP contribution in [0.25, 0.3) is 88.8 Å². The van der Waals surface area contributed by atoms with Gasteiger partial charge in [-0.15, -0.1) is 0 Å². The Kier molecular flexibility index (Phi) is 27.5. The van der Waals surface area contributed by atoms with E-state index in [1.54, 1.807) is 13.8 Å². The van der Waals surface area contributed by atoms with Crippen LogP contribution in [0.5, 0.6) is 0 Å². The number of imidazole rings is 4. The Balaban J connectivity index is 0.000000190. The summed E-state index contributed by atoms with van der Waals surface area (Å²) in [7, 11) is 2.59. The van der Waals surface area contributed by atoms with Gasteiger partial charge in [-0.25, -0.2) is 29.5 Å². The summed E-state index contributed by atoms with van der Waals surface area (Å²) < 4.78 is 9.54. The molecule has 8 heterocycles. The van der Waals surface area contributed by atoms with E-state index in [4.69, 9.17) is 46.7 Å². The van der Waals surface area contributed by atoms with Gasteiger partial charge in [0.15, 0.2) is 0 Å². The molecule has 16 rings (SSSR count). The Hall–Kier alpha value is -13.1. The van der Waals surface area contributed by atoms with Crippen LogP contribution in [0.4, 0.5) is 9.59 Å². The second-order valence-electron chi connectivity index (χ2n) is 32.3. The smallest absolute Gasteiger partial charge is 0.407 e. The van der Waals surface area contributed by atoms with Crippen molar-refractivity contribution < 1.29 is 47.8 Å². The van der Waals surface area contributed by atoms with Crippen molar-refractivity contribution in [3.63, 3.8) is 0 Å². The molecule has 4 aromatic heterocycles. The highest BCUT2D eigenvalue weighted by atomic mass is 35.5. The molecule has 0 unspecified atom stereocenters. The minimum Gasteiger partial charge on any atom is -0.453 e. The fraction of sp³-hybridized carbons (Fsp3) is 0.333. The second kappa shape index (κ2) is 39.2. The van der Waals surface area contributed by atoms with Gasteiger partial charge in [-0.3, -0.25) is 28.8 Å². The van der Waals surface area contributed by atoms with Crippen LogP contribution in [-0.4, -0.2) is 159 Å². The summed E-state index contributed by atoms with van der Waals surface area (Å²) in [5, 5.41) is 12.5. The largest absolute Gasteiger partial charge is 0.453 e. The average Bonchev–Trinajstić information content (AvgIpc) is 1.71. The van der Waals surface area contributed by atoms with Crippen LogP contribution in [0.3, 0.4) is 0 Å². The number of fused-ring (bicyclic) bond motifs is 2. The predicted molar refractivity (Wildman–Crippen MR) is 474 cm³/mol. The number of carbonyl (C=O) groups excluding carboxylic acids is 8. The van der Waals surface area contributed by atoms with Crippen molar-refractivity contribution in [3.05, 3.63) is 241 Å². The van der Waals surface area contributed by atoms with E-state index in [-0.39, 0.29) is 70.8 Å². The third-order valence-corrected chi connectivity index (χ3v) is 23.9. The summed E-state index contributed by atoms with van der Waals surface area (Å²) in [6.45, 7) is 13.6. The van der Waals surface area contributed by atoms with Crippen molar-refractivity contribution >= 4 is 80.1 Å². The maximum atomic E-state index is 14.0. The standard InChI is InChI=1S/C48H52N8O5.C45H48N8O4.C3H5ClO/c1-5-41(57)53-43(32-11-7-6-8-12-32)47(59)56-24-10-14-40(56)44-49-27-37(51-44)31-17-15-30(16-18-31)33-19-20-35-26-36(22-21-34(35)25-33)38-28-50-45(52-38)39-13-9-23-55(39)46(58)42(29(2)3)54-48(60)61-4;1-27(2)40(51-45(56)57-3)44(55)53-22-8-12-38(53)42-48-26-36(50-42)34-20-19-32-23-31(17-18-33(32)24-34)28-13-15-29(16-14-28)35-25-47-41(49-35)37-11-7-21-52(37)43(54)39(46)30-9-5-4-6-10-30;1-2-3(4)5/h6-8,11-12,15-22,25-29,39-40,42-43H,5,9-10,13-14,23-24H2,1-4H3,(H,49,51)(H,50,52)(H,53,57)(H,54,60);4-6,9-10,13-20,23-27,37-40H,7-8,11-12,21-22,46H2,1-3H3,(H,47,49)(H,48,50)(H,51,56);2H2,1H3/t39-,40-,42-,43+;37-,38-,39+,40-;/m00./s1. The number of ether oxygens (including phenoxy) is 2. The van der Waals surface area contributed by atoms with E-state index in [0.717, 1.165) is 175 Å². The molecule has 4 aliphatic heterocycles. The lowest BCUT2D eigenvalue weighted by molar-refractivity contribution is -0.137. The fourth-order valence-corrected chi connectivity index (χ4v) is 16.8. The zero-order chi connectivity index (χ0) is 86.5. The van der Waals surface area contributed by atoms with Gasteiger partial charge in [0.25, 0.3) is 0 Å². The minimum atomic E-state index is -0.755. The lowest BCUT2D eigenvalue weighted by Crippen LogP contribution is -2.51. The van der Waals surface area contributed by atoms with Gasteiger partial charge in [0, 0.05) is 50.1 Å². The molecule has 123 heavy (non-hydrogen) atoms. The van der Waals surface area contributed by atoms with Gasteiger partial charge in [0.05, 0.1) is 86.0 Å². The van der Waals surface area contributed by atoms with Gasteiger partial charge in [0.2, 0.25) is 34.8 Å². The van der Waals surface area contributed by atoms with Crippen LogP contribution < -0.4 is 21.7 Å². The Morgan fingerprint density at radius 2 is 0.699 bits per heavy atom. The van der Waals surface area contributed by atoms with Gasteiger partial charge in [-0.05, 0) is 165 Å².